The van der Waals surface area contributed by atoms with E-state index in [9.17, 15) is 0 Å². The van der Waals surface area contributed by atoms with Gasteiger partial charge in [0.2, 0.25) is 0 Å². The first kappa shape index (κ1) is 15.2. The maximum atomic E-state index is 6.00. The largest absolute Gasteiger partial charge is 0.370 e. The molecule has 0 spiro atoms. The maximum absolute atomic E-state index is 6.00. The number of hydrogen-bond donors (Lipinski definition) is 2. The third-order valence-electron chi connectivity index (χ3n) is 3.36. The molecule has 0 saturated carbocycles. The number of nitrogens with two attached hydrogens (primary N) is 1. The molecule has 116 valence electrons. The predicted molar refractivity (Wildman–Crippen MR) is 96.8 cm³/mol. The van der Waals surface area contributed by atoms with Crippen molar-refractivity contribution in [2.24, 2.45) is 10.7 Å². The van der Waals surface area contributed by atoms with Crippen LogP contribution in [0.4, 0.5) is 5.82 Å². The second kappa shape index (κ2) is 7.56. The van der Waals surface area contributed by atoms with E-state index < -0.39 is 0 Å². The molecule has 0 saturated heterocycles. The molecule has 23 heavy (non-hydrogen) atoms. The lowest BCUT2D eigenvalue weighted by molar-refractivity contribution is 1.06. The molecule has 3 rings (SSSR count). The highest BCUT2D eigenvalue weighted by atomic mass is 32.1. The van der Waals surface area contributed by atoms with Gasteiger partial charge in [0.25, 0.3) is 0 Å². The fraction of sp³-hybridized carbons (Fsp3) is 0.111. The second-order valence-electron chi connectivity index (χ2n) is 5.08. The zero-order valence-corrected chi connectivity index (χ0v) is 13.5. The number of nitrogens with one attached hydrogen (secondary N) is 1. The van der Waals surface area contributed by atoms with E-state index in [0.29, 0.717) is 12.5 Å². The summed E-state index contributed by atoms with van der Waals surface area (Å²) in [5.41, 5.74) is 8.22. The van der Waals surface area contributed by atoms with Gasteiger partial charge in [-0.1, -0.05) is 42.5 Å². The summed E-state index contributed by atoms with van der Waals surface area (Å²) in [6.45, 7) is 0.548. The lowest BCUT2D eigenvalue weighted by Crippen LogP contribution is -2.24. The van der Waals surface area contributed by atoms with Crippen molar-refractivity contribution in [1.82, 2.24) is 4.98 Å². The molecular formula is C18H18N4S. The molecule has 3 N–H and O–H groups in total. The summed E-state index contributed by atoms with van der Waals surface area (Å²) in [5, 5.41) is 5.19. The van der Waals surface area contributed by atoms with Crippen LogP contribution in [0.1, 0.15) is 16.0 Å². The summed E-state index contributed by atoms with van der Waals surface area (Å²) < 4.78 is 0. The van der Waals surface area contributed by atoms with Crippen molar-refractivity contribution in [3.05, 3.63) is 82.2 Å². The zero-order valence-electron chi connectivity index (χ0n) is 12.6. The second-order valence-corrected chi connectivity index (χ2v) is 6.11. The lowest BCUT2D eigenvalue weighted by atomic mass is 10.1. The quantitative estimate of drug-likeness (QED) is 0.556. The minimum absolute atomic E-state index is 0.375. The van der Waals surface area contributed by atoms with Crippen molar-refractivity contribution in [3.63, 3.8) is 0 Å². The smallest absolute Gasteiger partial charge is 0.194 e. The topological polar surface area (TPSA) is 63.3 Å². The van der Waals surface area contributed by atoms with Crippen LogP contribution in [0.25, 0.3) is 0 Å². The highest BCUT2D eigenvalue weighted by Gasteiger charge is 2.06. The van der Waals surface area contributed by atoms with Gasteiger partial charge in [-0.15, -0.1) is 11.3 Å². The van der Waals surface area contributed by atoms with Gasteiger partial charge in [-0.05, 0) is 23.1 Å². The molecule has 1 aromatic carbocycles. The molecule has 0 bridgehead atoms. The number of guanidine groups is 1. The molecule has 4 nitrogen and oxygen atoms in total. The van der Waals surface area contributed by atoms with Gasteiger partial charge in [0.1, 0.15) is 5.82 Å². The van der Waals surface area contributed by atoms with Crippen LogP contribution in [0.3, 0.4) is 0 Å². The van der Waals surface area contributed by atoms with E-state index in [2.05, 4.69) is 38.9 Å². The first-order chi connectivity index (χ1) is 11.3. The number of nitrogens with zero attached hydrogens (tertiary/aromatic N) is 2. The van der Waals surface area contributed by atoms with Gasteiger partial charge in [0.05, 0.1) is 6.54 Å². The van der Waals surface area contributed by atoms with Gasteiger partial charge in [-0.3, -0.25) is 0 Å². The number of hydrogen-bond acceptors (Lipinski definition) is 3. The van der Waals surface area contributed by atoms with Crippen molar-refractivity contribution < 1.29 is 0 Å². The third kappa shape index (κ3) is 4.40. The Bertz CT molecular complexity index is 767. The first-order valence-corrected chi connectivity index (χ1v) is 8.26. The Morgan fingerprint density at radius 1 is 1.09 bits per heavy atom. The van der Waals surface area contributed by atoms with Crippen molar-refractivity contribution in [2.75, 3.05) is 5.32 Å². The number of pyridine rings is 1. The van der Waals surface area contributed by atoms with E-state index >= 15 is 0 Å². The van der Waals surface area contributed by atoms with Gasteiger partial charge in [-0.25, -0.2) is 9.98 Å². The molecule has 0 fully saturated rings. The van der Waals surface area contributed by atoms with Gasteiger partial charge in [-0.2, -0.15) is 0 Å². The summed E-state index contributed by atoms with van der Waals surface area (Å²) in [6.07, 6.45) is 2.59. The fourth-order valence-corrected chi connectivity index (χ4v) is 2.94. The van der Waals surface area contributed by atoms with E-state index in [1.165, 1.54) is 4.88 Å². The first-order valence-electron chi connectivity index (χ1n) is 7.38. The molecule has 0 aliphatic carbocycles. The van der Waals surface area contributed by atoms with Crippen molar-refractivity contribution in [3.8, 4) is 0 Å². The van der Waals surface area contributed by atoms with Crippen LogP contribution in [0, 0.1) is 0 Å². The van der Waals surface area contributed by atoms with E-state index in [4.69, 9.17) is 5.73 Å². The zero-order chi connectivity index (χ0) is 15.9. The molecule has 0 unspecified atom stereocenters. The summed E-state index contributed by atoms with van der Waals surface area (Å²) in [5.74, 6) is 1.13. The predicted octanol–water partition coefficient (Wildman–Crippen LogP) is 3.66. The van der Waals surface area contributed by atoms with Crippen LogP contribution in [-0.4, -0.2) is 10.9 Å². The van der Waals surface area contributed by atoms with Gasteiger partial charge in [0, 0.05) is 23.1 Å². The number of thiophene rings is 1. The van der Waals surface area contributed by atoms with Crippen LogP contribution in [0.2, 0.25) is 0 Å². The van der Waals surface area contributed by atoms with Gasteiger partial charge in [0.15, 0.2) is 5.96 Å². The SMILES string of the molecule is NC(=NCc1ccccc1)Nc1ncccc1Cc1cccs1. The molecule has 0 amide bonds. The normalized spacial score (nSPS) is 11.4. The highest BCUT2D eigenvalue weighted by Crippen LogP contribution is 2.19. The monoisotopic (exact) mass is 322 g/mol. The van der Waals surface area contributed by atoms with Crippen LogP contribution >= 0.6 is 11.3 Å². The summed E-state index contributed by atoms with van der Waals surface area (Å²) in [7, 11) is 0. The van der Waals surface area contributed by atoms with Gasteiger partial charge >= 0.3 is 0 Å². The van der Waals surface area contributed by atoms with Gasteiger partial charge < -0.3 is 11.1 Å². The van der Waals surface area contributed by atoms with Crippen molar-refractivity contribution >= 4 is 23.1 Å². The third-order valence-corrected chi connectivity index (χ3v) is 4.23. The number of benzene rings is 1. The van der Waals surface area contributed by atoms with Crippen LogP contribution in [-0.2, 0) is 13.0 Å². The van der Waals surface area contributed by atoms with Crippen LogP contribution in [0.15, 0.2) is 71.2 Å². The summed E-state index contributed by atoms with van der Waals surface area (Å²) in [6, 6.07) is 18.2. The molecule has 3 aromatic rings. The molecule has 0 atom stereocenters. The van der Waals surface area contributed by atoms with E-state index in [0.717, 1.165) is 23.4 Å². The Balaban J connectivity index is 1.69. The molecular weight excluding hydrogens is 304 g/mol. The Kier molecular flexibility index (Phi) is 5.01. The standard InChI is InChI=1S/C18H18N4S/c19-18(21-13-14-6-2-1-3-7-14)22-17-15(8-4-10-20-17)12-16-9-5-11-23-16/h1-11H,12-13H2,(H3,19,20,21,22). The lowest BCUT2D eigenvalue weighted by Gasteiger charge is -2.09. The van der Waals surface area contributed by atoms with E-state index in [-0.39, 0.29) is 0 Å². The summed E-state index contributed by atoms with van der Waals surface area (Å²) in [4.78, 5) is 10.1. The number of anilines is 1. The Labute approximate surface area is 139 Å². The molecule has 0 aliphatic heterocycles. The molecule has 0 aliphatic rings. The molecule has 5 heteroatoms. The van der Waals surface area contributed by atoms with Crippen LogP contribution in [0.5, 0.6) is 0 Å². The van der Waals surface area contributed by atoms with E-state index in [1.54, 1.807) is 17.5 Å². The number of rotatable bonds is 5. The number of aromatic nitrogens is 1. The molecule has 2 aromatic heterocycles. The average Bonchev–Trinajstić information content (AvgIpc) is 3.09. The highest BCUT2D eigenvalue weighted by molar-refractivity contribution is 7.09. The minimum Gasteiger partial charge on any atom is -0.370 e. The average molecular weight is 322 g/mol. The Morgan fingerprint density at radius 2 is 1.96 bits per heavy atom. The molecule has 0 radical (unpaired) electrons. The Hall–Kier alpha value is -2.66. The van der Waals surface area contributed by atoms with Crippen molar-refractivity contribution in [1.29, 1.82) is 0 Å². The Morgan fingerprint density at radius 3 is 2.74 bits per heavy atom. The molecule has 2 heterocycles. The maximum Gasteiger partial charge on any atom is 0.194 e. The minimum atomic E-state index is 0.375. The van der Waals surface area contributed by atoms with Crippen LogP contribution < -0.4 is 11.1 Å². The fourth-order valence-electron chi connectivity index (χ4n) is 2.22. The van der Waals surface area contributed by atoms with E-state index in [1.807, 2.05) is 36.4 Å². The van der Waals surface area contributed by atoms with Crippen molar-refractivity contribution in [2.45, 2.75) is 13.0 Å². The summed E-state index contributed by atoms with van der Waals surface area (Å²) >= 11 is 1.74. The number of aliphatic imine (C=N–C) groups is 1.